The molecule has 0 unspecified atom stereocenters. The Hall–Kier alpha value is -3.23. The zero-order valence-corrected chi connectivity index (χ0v) is 19.4. The van der Waals surface area contributed by atoms with Crippen LogP contribution in [0.2, 0.25) is 5.02 Å². The van der Waals surface area contributed by atoms with E-state index in [1.807, 2.05) is 13.0 Å². The van der Waals surface area contributed by atoms with Crippen molar-refractivity contribution < 1.29 is 23.9 Å². The molecule has 3 fully saturated rings. The molecule has 4 heterocycles. The molecule has 3 amide bonds. The van der Waals surface area contributed by atoms with Crippen LogP contribution in [0.25, 0.3) is 0 Å². The van der Waals surface area contributed by atoms with E-state index < -0.39 is 23.3 Å². The minimum atomic E-state index is -1.24. The lowest BCUT2D eigenvalue weighted by Crippen LogP contribution is -2.54. The van der Waals surface area contributed by atoms with Crippen LogP contribution < -0.4 is 15.0 Å². The van der Waals surface area contributed by atoms with E-state index in [4.69, 9.17) is 16.3 Å². The van der Waals surface area contributed by atoms with Gasteiger partial charge in [0.05, 0.1) is 23.2 Å². The highest BCUT2D eigenvalue weighted by Gasteiger charge is 2.74. The van der Waals surface area contributed by atoms with Gasteiger partial charge in [0, 0.05) is 23.6 Å². The number of carbonyl (C=O) groups is 4. The highest BCUT2D eigenvalue weighted by molar-refractivity contribution is 6.32. The summed E-state index contributed by atoms with van der Waals surface area (Å²) in [4.78, 5) is 55.9. The van der Waals surface area contributed by atoms with Crippen molar-refractivity contribution in [2.24, 2.45) is 11.8 Å². The molecule has 4 aliphatic rings. The molecule has 0 bridgehead atoms. The average Bonchev–Trinajstić information content (AvgIpc) is 3.50. The first-order valence-corrected chi connectivity index (χ1v) is 11.7. The molecule has 1 spiro atoms. The minimum Gasteiger partial charge on any atom is -0.427 e. The van der Waals surface area contributed by atoms with E-state index >= 15 is 0 Å². The van der Waals surface area contributed by atoms with E-state index in [-0.39, 0.29) is 23.8 Å². The fourth-order valence-electron chi connectivity index (χ4n) is 6.47. The lowest BCUT2D eigenvalue weighted by molar-refractivity contribution is -0.135. The summed E-state index contributed by atoms with van der Waals surface area (Å²) in [6.07, 6.45) is 1.60. The number of carbonyl (C=O) groups excluding carboxylic acids is 4. The summed E-state index contributed by atoms with van der Waals surface area (Å²) in [5, 5.41) is 3.52. The number of hydrogen-bond acceptors (Lipinski definition) is 6. The lowest BCUT2D eigenvalue weighted by atomic mass is 9.75. The Labute approximate surface area is 200 Å². The van der Waals surface area contributed by atoms with Crippen molar-refractivity contribution in [2.45, 2.75) is 38.3 Å². The predicted molar refractivity (Wildman–Crippen MR) is 123 cm³/mol. The van der Waals surface area contributed by atoms with Gasteiger partial charge in [-0.05, 0) is 62.2 Å². The van der Waals surface area contributed by atoms with Gasteiger partial charge in [-0.3, -0.25) is 24.1 Å². The van der Waals surface area contributed by atoms with E-state index in [0.717, 1.165) is 18.4 Å². The van der Waals surface area contributed by atoms with Crippen LogP contribution in [0.15, 0.2) is 36.4 Å². The summed E-state index contributed by atoms with van der Waals surface area (Å²) in [7, 11) is 0. The highest BCUT2D eigenvalue weighted by atomic mass is 35.5. The fourth-order valence-corrected chi connectivity index (χ4v) is 6.63. The van der Waals surface area contributed by atoms with Gasteiger partial charge in [-0.2, -0.15) is 0 Å². The van der Waals surface area contributed by atoms with Crippen LogP contribution in [-0.2, 0) is 24.7 Å². The monoisotopic (exact) mass is 479 g/mol. The van der Waals surface area contributed by atoms with Crippen LogP contribution >= 0.6 is 11.6 Å². The molecule has 2 aromatic rings. The van der Waals surface area contributed by atoms with E-state index in [9.17, 15) is 19.2 Å². The Kier molecular flexibility index (Phi) is 4.47. The molecule has 9 heteroatoms. The minimum absolute atomic E-state index is 0.195. The van der Waals surface area contributed by atoms with Gasteiger partial charge in [-0.1, -0.05) is 17.7 Å². The van der Waals surface area contributed by atoms with Crippen molar-refractivity contribution in [3.8, 4) is 5.75 Å². The first kappa shape index (κ1) is 21.3. The maximum atomic E-state index is 13.9. The van der Waals surface area contributed by atoms with Gasteiger partial charge in [-0.15, -0.1) is 0 Å². The van der Waals surface area contributed by atoms with Crippen LogP contribution in [0.5, 0.6) is 5.75 Å². The van der Waals surface area contributed by atoms with Crippen LogP contribution in [0.4, 0.5) is 11.4 Å². The van der Waals surface area contributed by atoms with Crippen molar-refractivity contribution in [1.29, 1.82) is 0 Å². The van der Waals surface area contributed by atoms with Crippen LogP contribution in [-0.4, -0.2) is 41.2 Å². The van der Waals surface area contributed by atoms with E-state index in [0.29, 0.717) is 34.3 Å². The Balaban J connectivity index is 1.48. The maximum absolute atomic E-state index is 13.9. The summed E-state index contributed by atoms with van der Waals surface area (Å²) in [6.45, 7) is 3.78. The largest absolute Gasteiger partial charge is 0.427 e. The Morgan fingerprint density at radius 1 is 1.12 bits per heavy atom. The molecule has 6 rings (SSSR count). The smallest absolute Gasteiger partial charge is 0.308 e. The molecule has 2 aromatic carbocycles. The van der Waals surface area contributed by atoms with Gasteiger partial charge in [0.2, 0.25) is 17.7 Å². The fraction of sp³-hybridized carbons (Fsp3) is 0.360. The normalized spacial score (nSPS) is 29.4. The molecular weight excluding hydrogens is 458 g/mol. The van der Waals surface area contributed by atoms with Gasteiger partial charge in [-0.25, -0.2) is 4.90 Å². The van der Waals surface area contributed by atoms with Crippen LogP contribution in [0.1, 0.15) is 30.9 Å². The van der Waals surface area contributed by atoms with Crippen molar-refractivity contribution in [2.75, 3.05) is 16.8 Å². The molecular formula is C25H22ClN3O5. The molecule has 0 aromatic heterocycles. The number of amides is 3. The van der Waals surface area contributed by atoms with Gasteiger partial charge < -0.3 is 10.1 Å². The molecule has 1 N–H and O–H groups in total. The quantitative estimate of drug-likeness (QED) is 0.404. The molecule has 3 saturated heterocycles. The predicted octanol–water partition coefficient (Wildman–Crippen LogP) is 3.00. The summed E-state index contributed by atoms with van der Waals surface area (Å²) in [5.74, 6) is -2.54. The second-order valence-electron chi connectivity index (χ2n) is 9.32. The first-order chi connectivity index (χ1) is 16.3. The number of nitrogens with zero attached hydrogens (tertiary/aromatic N) is 2. The first-order valence-electron chi connectivity index (χ1n) is 11.3. The van der Waals surface area contributed by atoms with E-state index in [1.165, 1.54) is 11.8 Å². The van der Waals surface area contributed by atoms with Crippen LogP contribution in [0, 0.1) is 18.8 Å². The maximum Gasteiger partial charge on any atom is 0.308 e. The number of hydrogen-bond donors (Lipinski definition) is 1. The number of nitrogens with one attached hydrogen (secondary N) is 1. The summed E-state index contributed by atoms with van der Waals surface area (Å²) < 4.78 is 5.07. The molecule has 174 valence electrons. The van der Waals surface area contributed by atoms with Gasteiger partial charge >= 0.3 is 5.97 Å². The highest BCUT2D eigenvalue weighted by Crippen LogP contribution is 2.61. The second-order valence-corrected chi connectivity index (χ2v) is 9.73. The van der Waals surface area contributed by atoms with Crippen molar-refractivity contribution in [3.63, 3.8) is 0 Å². The summed E-state index contributed by atoms with van der Waals surface area (Å²) >= 11 is 6.33. The van der Waals surface area contributed by atoms with E-state index in [2.05, 4.69) is 10.2 Å². The van der Waals surface area contributed by atoms with Gasteiger partial charge in [0.15, 0.2) is 0 Å². The Morgan fingerprint density at radius 3 is 2.56 bits per heavy atom. The number of imide groups is 1. The molecule has 8 nitrogen and oxygen atoms in total. The zero-order valence-electron chi connectivity index (χ0n) is 18.6. The molecule has 4 atom stereocenters. The van der Waals surface area contributed by atoms with E-state index in [1.54, 1.807) is 30.3 Å². The third kappa shape index (κ3) is 2.52. The average molecular weight is 480 g/mol. The topological polar surface area (TPSA) is 96.0 Å². The number of anilines is 2. The number of esters is 1. The zero-order chi connectivity index (χ0) is 23.9. The van der Waals surface area contributed by atoms with Crippen molar-refractivity contribution >= 4 is 46.7 Å². The van der Waals surface area contributed by atoms with Crippen molar-refractivity contribution in [3.05, 3.63) is 52.5 Å². The summed E-state index contributed by atoms with van der Waals surface area (Å²) in [6, 6.07) is 9.64. The number of ether oxygens (including phenoxy) is 1. The number of halogens is 1. The molecule has 34 heavy (non-hydrogen) atoms. The standard InChI is InChI=1S/C25H22ClN3O5/c1-12-17(26)10-9-16-21(12)27-24(33)25(16)20-19(18-4-3-11-28(18)25)22(31)29(23(20)32)14-5-7-15(8-6-14)34-13(2)30/h5-10,18-20H,3-4,11H2,1-2H3,(H,27,33)/t18-,19-,20-,25-/m1/s1. The Morgan fingerprint density at radius 2 is 1.85 bits per heavy atom. The van der Waals surface area contributed by atoms with Gasteiger partial charge in [0.25, 0.3) is 0 Å². The third-order valence-electron chi connectivity index (χ3n) is 7.72. The van der Waals surface area contributed by atoms with Crippen LogP contribution in [0.3, 0.4) is 0 Å². The molecule has 0 radical (unpaired) electrons. The number of benzene rings is 2. The second kappa shape index (κ2) is 7.13. The third-order valence-corrected chi connectivity index (χ3v) is 8.13. The number of fused-ring (bicyclic) bond motifs is 7. The summed E-state index contributed by atoms with van der Waals surface area (Å²) in [5.41, 5.74) is 1.25. The molecule has 0 saturated carbocycles. The number of rotatable bonds is 2. The Bertz CT molecular complexity index is 1290. The SMILES string of the molecule is CC(=O)Oc1ccc(N2C(=O)[C@@H]3[C@H]4CCCN4[C@@]4(C(=O)Nc5c4ccc(Cl)c5C)[C@H]3C2=O)cc1. The van der Waals surface area contributed by atoms with Gasteiger partial charge in [0.1, 0.15) is 11.3 Å². The lowest BCUT2D eigenvalue weighted by Gasteiger charge is -2.36. The molecule has 0 aliphatic carbocycles. The molecule has 4 aliphatic heterocycles. The van der Waals surface area contributed by atoms with Crippen molar-refractivity contribution in [1.82, 2.24) is 4.90 Å².